The highest BCUT2D eigenvalue weighted by Crippen LogP contribution is 2.22. The van der Waals surface area contributed by atoms with Crippen LogP contribution in [0.25, 0.3) is 10.9 Å². The lowest BCUT2D eigenvalue weighted by molar-refractivity contribution is -0.121. The van der Waals surface area contributed by atoms with E-state index in [2.05, 4.69) is 15.3 Å². The van der Waals surface area contributed by atoms with E-state index in [9.17, 15) is 14.0 Å². The highest BCUT2D eigenvalue weighted by molar-refractivity contribution is 8.00. The van der Waals surface area contributed by atoms with E-state index in [-0.39, 0.29) is 22.6 Å². The van der Waals surface area contributed by atoms with Crippen LogP contribution in [0.1, 0.15) is 39.0 Å². The van der Waals surface area contributed by atoms with Crippen molar-refractivity contribution in [3.8, 4) is 0 Å². The quantitative estimate of drug-likeness (QED) is 0.657. The largest absolute Gasteiger partial charge is 0.352 e. The number of halogens is 1. The van der Waals surface area contributed by atoms with Crippen LogP contribution in [0.2, 0.25) is 0 Å². The predicted octanol–water partition coefficient (Wildman–Crippen LogP) is 2.99. The number of carbonyl (C=O) groups excluding carboxylic acids is 1. The van der Waals surface area contributed by atoms with E-state index in [0.29, 0.717) is 10.7 Å². The van der Waals surface area contributed by atoms with Gasteiger partial charge in [0.25, 0.3) is 5.56 Å². The molecule has 1 fully saturated rings. The fourth-order valence-corrected chi connectivity index (χ4v) is 3.74. The second-order valence-corrected chi connectivity index (χ2v) is 7.47. The first-order chi connectivity index (χ1) is 11.5. The molecule has 1 aromatic heterocycles. The van der Waals surface area contributed by atoms with Crippen molar-refractivity contribution in [3.05, 3.63) is 34.4 Å². The molecule has 1 aliphatic carbocycles. The van der Waals surface area contributed by atoms with Crippen LogP contribution in [0.4, 0.5) is 4.39 Å². The first-order valence-corrected chi connectivity index (χ1v) is 9.07. The van der Waals surface area contributed by atoms with Gasteiger partial charge in [-0.15, -0.1) is 0 Å². The van der Waals surface area contributed by atoms with Crippen molar-refractivity contribution >= 4 is 28.6 Å². The molecular formula is C17H20FN3O2S. The van der Waals surface area contributed by atoms with Gasteiger partial charge in [-0.2, -0.15) is 0 Å². The van der Waals surface area contributed by atoms with Crippen molar-refractivity contribution < 1.29 is 9.18 Å². The molecule has 0 spiro atoms. The Hall–Kier alpha value is -1.89. The normalized spacial score (nSPS) is 16.9. The molecule has 0 bridgehead atoms. The molecule has 0 radical (unpaired) electrons. The monoisotopic (exact) mass is 349 g/mol. The SMILES string of the molecule is CC(Sc1nc2ccc(F)cc2c(=O)[nH]1)C(=O)NC1CCCCC1. The molecule has 24 heavy (non-hydrogen) atoms. The van der Waals surface area contributed by atoms with Crippen molar-refractivity contribution in [2.75, 3.05) is 0 Å². The molecule has 5 nitrogen and oxygen atoms in total. The number of benzene rings is 1. The summed E-state index contributed by atoms with van der Waals surface area (Å²) in [5.41, 5.74) is 0.0180. The fourth-order valence-electron chi connectivity index (χ4n) is 2.93. The number of carbonyl (C=O) groups is 1. The van der Waals surface area contributed by atoms with Crippen molar-refractivity contribution in [2.24, 2.45) is 0 Å². The lowest BCUT2D eigenvalue weighted by atomic mass is 9.95. The molecule has 2 N–H and O–H groups in total. The number of H-pyrrole nitrogens is 1. The summed E-state index contributed by atoms with van der Waals surface area (Å²) in [6.07, 6.45) is 5.60. The van der Waals surface area contributed by atoms with Gasteiger partial charge in [-0.25, -0.2) is 9.37 Å². The van der Waals surface area contributed by atoms with Crippen molar-refractivity contribution in [3.63, 3.8) is 0 Å². The molecule has 1 aromatic carbocycles. The standard InChI is InChI=1S/C17H20FN3O2S/c1-10(15(22)19-12-5-3-2-4-6-12)24-17-20-14-8-7-11(18)9-13(14)16(23)21-17/h7-10,12H,2-6H2,1H3,(H,19,22)(H,20,21,23). The van der Waals surface area contributed by atoms with Crippen LogP contribution in [0, 0.1) is 5.82 Å². The number of thioether (sulfide) groups is 1. The van der Waals surface area contributed by atoms with Gasteiger partial charge in [0, 0.05) is 6.04 Å². The minimum Gasteiger partial charge on any atom is -0.352 e. The molecule has 0 aliphatic heterocycles. The summed E-state index contributed by atoms with van der Waals surface area (Å²) in [7, 11) is 0. The second-order valence-electron chi connectivity index (χ2n) is 6.14. The minimum atomic E-state index is -0.476. The number of aromatic nitrogens is 2. The zero-order chi connectivity index (χ0) is 17.1. The maximum atomic E-state index is 13.2. The molecule has 1 aliphatic rings. The molecule has 1 unspecified atom stereocenters. The minimum absolute atomic E-state index is 0.0475. The average Bonchev–Trinajstić information content (AvgIpc) is 2.56. The van der Waals surface area contributed by atoms with Crippen LogP contribution < -0.4 is 10.9 Å². The van der Waals surface area contributed by atoms with E-state index < -0.39 is 11.4 Å². The summed E-state index contributed by atoms with van der Waals surface area (Å²) in [4.78, 5) is 31.3. The van der Waals surface area contributed by atoms with Gasteiger partial charge in [0.05, 0.1) is 16.2 Å². The van der Waals surface area contributed by atoms with Gasteiger partial charge >= 0.3 is 0 Å². The Morgan fingerprint density at radius 1 is 1.38 bits per heavy atom. The lowest BCUT2D eigenvalue weighted by Gasteiger charge is -2.24. The Morgan fingerprint density at radius 3 is 2.88 bits per heavy atom. The number of rotatable bonds is 4. The number of nitrogens with one attached hydrogen (secondary N) is 2. The molecule has 0 saturated heterocycles. The first-order valence-electron chi connectivity index (χ1n) is 8.19. The number of aromatic amines is 1. The highest BCUT2D eigenvalue weighted by atomic mass is 32.2. The zero-order valence-corrected chi connectivity index (χ0v) is 14.3. The smallest absolute Gasteiger partial charge is 0.259 e. The Labute approximate surface area is 143 Å². The Bertz CT molecular complexity index is 802. The number of nitrogens with zero attached hydrogens (tertiary/aromatic N) is 1. The summed E-state index contributed by atoms with van der Waals surface area (Å²) in [5, 5.41) is 3.27. The summed E-state index contributed by atoms with van der Waals surface area (Å²) in [5.74, 6) is -0.524. The molecule has 128 valence electrons. The first kappa shape index (κ1) is 17.0. The van der Waals surface area contributed by atoms with Crippen molar-refractivity contribution in [1.29, 1.82) is 0 Å². The van der Waals surface area contributed by atoms with Gasteiger partial charge in [-0.05, 0) is 38.0 Å². The summed E-state index contributed by atoms with van der Waals surface area (Å²) >= 11 is 1.20. The Kier molecular flexibility index (Phi) is 5.18. The summed E-state index contributed by atoms with van der Waals surface area (Å²) < 4.78 is 13.2. The molecule has 1 heterocycles. The maximum Gasteiger partial charge on any atom is 0.259 e. The van der Waals surface area contributed by atoms with Gasteiger partial charge in [-0.3, -0.25) is 9.59 Å². The van der Waals surface area contributed by atoms with Gasteiger partial charge in [0.2, 0.25) is 5.91 Å². The topological polar surface area (TPSA) is 74.8 Å². The number of hydrogen-bond acceptors (Lipinski definition) is 4. The third-order valence-corrected chi connectivity index (χ3v) is 5.24. The van der Waals surface area contributed by atoms with Crippen LogP contribution in [-0.2, 0) is 4.79 Å². The maximum absolute atomic E-state index is 13.2. The van der Waals surface area contributed by atoms with Gasteiger partial charge in [-0.1, -0.05) is 31.0 Å². The van der Waals surface area contributed by atoms with Crippen LogP contribution in [0.5, 0.6) is 0 Å². The Balaban J connectivity index is 1.70. The molecule has 2 aromatic rings. The zero-order valence-electron chi connectivity index (χ0n) is 13.5. The predicted molar refractivity (Wildman–Crippen MR) is 92.7 cm³/mol. The molecule has 1 amide bonds. The molecule has 1 saturated carbocycles. The van der Waals surface area contributed by atoms with E-state index >= 15 is 0 Å². The summed E-state index contributed by atoms with van der Waals surface area (Å²) in [6, 6.07) is 4.15. The van der Waals surface area contributed by atoms with Gasteiger partial charge in [0.1, 0.15) is 5.82 Å². The molecule has 7 heteroatoms. The van der Waals surface area contributed by atoms with Crippen LogP contribution in [-0.4, -0.2) is 27.2 Å². The van der Waals surface area contributed by atoms with Crippen molar-refractivity contribution in [2.45, 2.75) is 55.5 Å². The van der Waals surface area contributed by atoms with Crippen LogP contribution in [0.3, 0.4) is 0 Å². The molecule has 1 atom stereocenters. The second kappa shape index (κ2) is 7.34. The van der Waals surface area contributed by atoms with E-state index in [1.54, 1.807) is 6.92 Å². The van der Waals surface area contributed by atoms with Crippen LogP contribution in [0.15, 0.2) is 28.2 Å². The van der Waals surface area contributed by atoms with E-state index in [4.69, 9.17) is 0 Å². The highest BCUT2D eigenvalue weighted by Gasteiger charge is 2.21. The fraction of sp³-hybridized carbons (Fsp3) is 0.471. The number of amides is 1. The third kappa shape index (κ3) is 3.95. The third-order valence-electron chi connectivity index (χ3n) is 4.25. The van der Waals surface area contributed by atoms with Crippen molar-refractivity contribution in [1.82, 2.24) is 15.3 Å². The lowest BCUT2D eigenvalue weighted by Crippen LogP contribution is -2.40. The number of hydrogen-bond donors (Lipinski definition) is 2. The average molecular weight is 349 g/mol. The van der Waals surface area contributed by atoms with Gasteiger partial charge in [0.15, 0.2) is 5.16 Å². The van der Waals surface area contributed by atoms with Crippen LogP contribution >= 0.6 is 11.8 Å². The number of fused-ring (bicyclic) bond motifs is 1. The van der Waals surface area contributed by atoms with E-state index in [1.165, 1.54) is 30.3 Å². The van der Waals surface area contributed by atoms with E-state index in [1.807, 2.05) is 0 Å². The summed E-state index contributed by atoms with van der Waals surface area (Å²) in [6.45, 7) is 1.79. The molecular weight excluding hydrogens is 329 g/mol. The van der Waals surface area contributed by atoms with Gasteiger partial charge < -0.3 is 10.3 Å². The Morgan fingerprint density at radius 2 is 2.12 bits per heavy atom. The van der Waals surface area contributed by atoms with E-state index in [0.717, 1.165) is 31.7 Å². The molecule has 3 rings (SSSR count).